The van der Waals surface area contributed by atoms with Gasteiger partial charge in [0.05, 0.1) is 19.6 Å². The molecule has 0 saturated heterocycles. The number of amides is 5. The van der Waals surface area contributed by atoms with Crippen LogP contribution in [0.3, 0.4) is 0 Å². The van der Waals surface area contributed by atoms with Crippen molar-refractivity contribution in [3.05, 3.63) is 58.7 Å². The molecule has 0 aromatic heterocycles. The van der Waals surface area contributed by atoms with E-state index in [2.05, 4.69) is 26.6 Å². The smallest absolute Gasteiger partial charge is 0.329 e. The molecule has 0 fully saturated rings. The molecule has 0 heterocycles. The van der Waals surface area contributed by atoms with Gasteiger partial charge in [-0.1, -0.05) is 51.5 Å². The van der Waals surface area contributed by atoms with Crippen LogP contribution in [0.4, 0.5) is 4.79 Å². The first kappa shape index (κ1) is 73.5. The van der Waals surface area contributed by atoms with Gasteiger partial charge in [-0.3, -0.25) is 43.4 Å². The quantitative estimate of drug-likeness (QED) is 0.0199. The Morgan fingerprint density at radius 3 is 1.48 bits per heavy atom. The van der Waals surface area contributed by atoms with Crippen LogP contribution in [0.15, 0.2) is 36.4 Å². The first-order valence-electron chi connectivity index (χ1n) is 29.6. The molecule has 2 aromatic rings. The average molecular weight is 1180 g/mol. The van der Waals surface area contributed by atoms with Gasteiger partial charge in [0.2, 0.25) is 17.7 Å². The second kappa shape index (κ2) is 35.6. The zero-order valence-electron chi connectivity index (χ0n) is 52.9. The normalized spacial score (nSPS) is 12.7. The van der Waals surface area contributed by atoms with Crippen LogP contribution < -0.4 is 26.6 Å². The summed E-state index contributed by atoms with van der Waals surface area (Å²) >= 11 is 0. The topological polar surface area (TPSA) is 288 Å². The highest BCUT2D eigenvalue weighted by molar-refractivity contribution is 5.85. The molecule has 472 valence electrons. The fourth-order valence-electron chi connectivity index (χ4n) is 8.78. The molecular weight excluding hydrogens is 1080 g/mol. The van der Waals surface area contributed by atoms with Crippen LogP contribution in [0.5, 0.6) is 11.5 Å². The summed E-state index contributed by atoms with van der Waals surface area (Å²) in [4.78, 5) is 117. The van der Waals surface area contributed by atoms with Crippen molar-refractivity contribution < 1.29 is 67.6 Å². The average Bonchev–Trinajstić information content (AvgIpc) is 3.47. The van der Waals surface area contributed by atoms with E-state index >= 15 is 0 Å². The molecule has 2 atom stereocenters. The van der Waals surface area contributed by atoms with Gasteiger partial charge in [-0.2, -0.15) is 0 Å². The molecule has 2 rings (SSSR count). The van der Waals surface area contributed by atoms with Gasteiger partial charge in [-0.15, -0.1) is 0 Å². The number of phenolic OH excluding ortho intramolecular Hbond substituents is 2. The number of ether oxygens (including phenoxy) is 3. The van der Waals surface area contributed by atoms with E-state index in [-0.39, 0.29) is 117 Å². The Bertz CT molecular complexity index is 2490. The molecule has 21 nitrogen and oxygen atoms in total. The third kappa shape index (κ3) is 34.2. The number of hydrogen-bond acceptors (Lipinski definition) is 16. The Hall–Kier alpha value is -6.61. The van der Waals surface area contributed by atoms with E-state index < -0.39 is 46.8 Å². The lowest BCUT2D eigenvalue weighted by molar-refractivity contribution is -0.159. The molecule has 21 heteroatoms. The fraction of sp³-hybridized carbons (Fsp3) is 0.667. The number of esters is 3. The highest BCUT2D eigenvalue weighted by Gasteiger charge is 2.31. The zero-order valence-corrected chi connectivity index (χ0v) is 52.9. The molecule has 7 N–H and O–H groups in total. The Kier molecular flexibility index (Phi) is 31.2. The molecule has 0 aliphatic rings. The zero-order chi connectivity index (χ0) is 63.4. The van der Waals surface area contributed by atoms with Crippen molar-refractivity contribution in [1.82, 2.24) is 36.4 Å². The number of nitrogens with zero attached hydrogens (tertiary/aromatic N) is 2. The van der Waals surface area contributed by atoms with E-state index in [1.807, 2.05) is 31.7 Å². The second-order valence-electron chi connectivity index (χ2n) is 25.9. The van der Waals surface area contributed by atoms with E-state index in [1.54, 1.807) is 91.5 Å². The number of nitrogens with one attached hydrogen (secondary N) is 5. The number of urea groups is 1. The van der Waals surface area contributed by atoms with Crippen LogP contribution in [-0.4, -0.2) is 148 Å². The minimum absolute atomic E-state index is 0.00216. The summed E-state index contributed by atoms with van der Waals surface area (Å²) in [5.74, 6) is -2.33. The van der Waals surface area contributed by atoms with E-state index in [0.29, 0.717) is 82.1 Å². The molecule has 0 aliphatic carbocycles. The number of rotatable bonds is 36. The maximum Gasteiger partial charge on any atom is 0.329 e. The van der Waals surface area contributed by atoms with E-state index in [1.165, 1.54) is 19.9 Å². The standard InChI is InChI=1S/C63H101N7O14/c1-43(71)38-66-55(77)30-25-46-23-28-51(74)48(37-46)41-70(42-57(79)83-62(9,10)11)35-34-69(39-44(2)72)40-47-36-45(22-27-50(47)73)24-29-54(76)65-32-18-15-16-21-53(75)64-33-19-17-20-52(60(3,4)5)68-59(81)67-49(58(80)84-63(12,13)14)26-31-56(78)82-61(6,7)8/h22-23,27-28,36-37,49,52,73-74H,15-21,24-26,29-35,38-42H2,1-14H3,(H,64,75)(H,65,76)(H,66,77)(H2,67,68,81)/t49-,52-/m0/s1. The molecule has 0 unspecified atom stereocenters. The van der Waals surface area contributed by atoms with Crippen LogP contribution in [0, 0.1) is 5.41 Å². The summed E-state index contributed by atoms with van der Waals surface area (Å²) in [6.07, 6.45) is 5.48. The maximum atomic E-state index is 13.3. The number of carbonyl (C=O) groups excluding carboxylic acids is 9. The maximum absolute atomic E-state index is 13.3. The van der Waals surface area contributed by atoms with Crippen LogP contribution >= 0.6 is 0 Å². The van der Waals surface area contributed by atoms with Gasteiger partial charge < -0.3 is 51.0 Å². The number of ketones is 2. The molecule has 0 spiro atoms. The fourth-order valence-corrected chi connectivity index (χ4v) is 8.78. The van der Waals surface area contributed by atoms with Crippen LogP contribution in [0.2, 0.25) is 0 Å². The number of phenols is 2. The van der Waals surface area contributed by atoms with Crippen molar-refractivity contribution in [2.45, 2.75) is 222 Å². The van der Waals surface area contributed by atoms with Gasteiger partial charge in [0.25, 0.3) is 0 Å². The summed E-state index contributed by atoms with van der Waals surface area (Å²) < 4.78 is 16.6. The number of carbonyl (C=O) groups is 9. The van der Waals surface area contributed by atoms with E-state index in [4.69, 9.17) is 14.2 Å². The van der Waals surface area contributed by atoms with Gasteiger partial charge >= 0.3 is 23.9 Å². The minimum Gasteiger partial charge on any atom is -0.508 e. The molecule has 2 aromatic carbocycles. The van der Waals surface area contributed by atoms with Crippen LogP contribution in [0.25, 0.3) is 0 Å². The minimum atomic E-state index is -1.07. The summed E-state index contributed by atoms with van der Waals surface area (Å²) in [5, 5.41) is 36.0. The summed E-state index contributed by atoms with van der Waals surface area (Å²) in [5.41, 5.74) is 0.108. The van der Waals surface area contributed by atoms with Crippen molar-refractivity contribution >= 4 is 53.2 Å². The van der Waals surface area contributed by atoms with E-state index in [0.717, 1.165) is 17.5 Å². The van der Waals surface area contributed by atoms with Crippen molar-refractivity contribution in [2.24, 2.45) is 5.41 Å². The molecule has 0 bridgehead atoms. The largest absolute Gasteiger partial charge is 0.508 e. The number of hydrogen-bond donors (Lipinski definition) is 7. The summed E-state index contributed by atoms with van der Waals surface area (Å²) in [7, 11) is 0. The third-order valence-corrected chi connectivity index (χ3v) is 12.9. The Morgan fingerprint density at radius 1 is 0.512 bits per heavy atom. The lowest BCUT2D eigenvalue weighted by atomic mass is 9.84. The predicted octanol–water partition coefficient (Wildman–Crippen LogP) is 7.41. The Balaban J connectivity index is 1.87. The number of unbranched alkanes of at least 4 members (excludes halogenated alkanes) is 3. The molecule has 5 amide bonds. The van der Waals surface area contributed by atoms with Crippen LogP contribution in [0.1, 0.15) is 190 Å². The highest BCUT2D eigenvalue weighted by atomic mass is 16.6. The van der Waals surface area contributed by atoms with Gasteiger partial charge in [0.1, 0.15) is 45.9 Å². The molecular formula is C63H101N7O14. The third-order valence-electron chi connectivity index (χ3n) is 12.9. The Labute approximate surface area is 499 Å². The number of aryl methyl sites for hydroxylation is 2. The first-order valence-corrected chi connectivity index (χ1v) is 29.6. The number of Topliss-reactive ketones (excluding diaryl/α,β-unsaturated/α-hetero) is 2. The predicted molar refractivity (Wildman–Crippen MR) is 322 cm³/mol. The summed E-state index contributed by atoms with van der Waals surface area (Å²) in [6, 6.07) is 8.27. The van der Waals surface area contributed by atoms with E-state index in [9.17, 15) is 53.4 Å². The summed E-state index contributed by atoms with van der Waals surface area (Å²) in [6.45, 7) is 26.3. The van der Waals surface area contributed by atoms with Gasteiger partial charge in [-0.25, -0.2) is 9.59 Å². The lowest BCUT2D eigenvalue weighted by Crippen LogP contribution is -2.53. The van der Waals surface area contributed by atoms with Crippen molar-refractivity contribution in [1.29, 1.82) is 0 Å². The second-order valence-corrected chi connectivity index (χ2v) is 25.9. The van der Waals surface area contributed by atoms with Crippen LogP contribution in [-0.2, 0) is 78.5 Å². The lowest BCUT2D eigenvalue weighted by Gasteiger charge is -2.32. The monoisotopic (exact) mass is 1180 g/mol. The molecule has 0 saturated carbocycles. The molecule has 0 aliphatic heterocycles. The number of aromatic hydroxyl groups is 2. The van der Waals surface area contributed by atoms with Crippen molar-refractivity contribution in [2.75, 3.05) is 45.8 Å². The van der Waals surface area contributed by atoms with Gasteiger partial charge in [-0.05, 0) is 156 Å². The Morgan fingerprint density at radius 2 is 0.988 bits per heavy atom. The molecule has 0 radical (unpaired) electrons. The first-order chi connectivity index (χ1) is 39.0. The number of benzene rings is 2. The SMILES string of the molecule is CC(=O)CNC(=O)CCc1ccc(O)c(CN(CCN(CC(C)=O)Cc2cc(CCC(=O)NCCCCCC(=O)NCCCC[C@H](NC(=O)N[C@@H](CCC(=O)OC(C)(C)C)C(=O)OC(C)(C)C)C(C)(C)C)ccc2O)CC(=O)OC(C)(C)C)c1. The van der Waals surface area contributed by atoms with Gasteiger partial charge in [0, 0.05) is 82.1 Å². The highest BCUT2D eigenvalue weighted by Crippen LogP contribution is 2.26. The van der Waals surface area contributed by atoms with Gasteiger partial charge in [0.15, 0.2) is 0 Å². The van der Waals surface area contributed by atoms with Crippen molar-refractivity contribution in [3.8, 4) is 11.5 Å². The molecule has 84 heavy (non-hydrogen) atoms. The van der Waals surface area contributed by atoms with Crippen molar-refractivity contribution in [3.63, 3.8) is 0 Å².